The van der Waals surface area contributed by atoms with Crippen LogP contribution in [-0.4, -0.2) is 26.2 Å². The van der Waals surface area contributed by atoms with Gasteiger partial charge in [-0.05, 0) is 23.8 Å². The van der Waals surface area contributed by atoms with Crippen LogP contribution in [-0.2, 0) is 16.6 Å². The molecule has 0 fully saturated rings. The fourth-order valence-electron chi connectivity index (χ4n) is 4.17. The highest BCUT2D eigenvalue weighted by Gasteiger charge is 2.57. The minimum atomic E-state index is -0.927. The number of nitrogens with zero attached hydrogens (tertiary/aromatic N) is 2. The molecule has 5 rings (SSSR count). The molecule has 24 heavy (non-hydrogen) atoms. The number of hydrogen-bond donors (Lipinski definition) is 0. The average Bonchev–Trinajstić information content (AvgIpc) is 3.27. The molecule has 0 aromatic heterocycles. The molecule has 0 saturated heterocycles. The maximum atomic E-state index is 13.2. The summed E-state index contributed by atoms with van der Waals surface area (Å²) in [6.45, 7) is 0.874. The summed E-state index contributed by atoms with van der Waals surface area (Å²) in [5.74, 6) is 1.47. The lowest BCUT2D eigenvalue weighted by Gasteiger charge is -2.22. The van der Waals surface area contributed by atoms with Crippen molar-refractivity contribution in [1.29, 1.82) is 5.26 Å². The first kappa shape index (κ1) is 13.4. The minimum Gasteiger partial charge on any atom is -0.493 e. The summed E-state index contributed by atoms with van der Waals surface area (Å²) in [6, 6.07) is 11.6. The van der Waals surface area contributed by atoms with Crippen molar-refractivity contribution in [3.63, 3.8) is 0 Å². The van der Waals surface area contributed by atoms with Gasteiger partial charge in [-0.15, -0.1) is 0 Å². The molecular weight excluding hydrogens is 304 g/mol. The molecule has 0 radical (unpaired) electrons. The predicted molar refractivity (Wildman–Crippen MR) is 86.5 cm³/mol. The lowest BCUT2D eigenvalue weighted by Crippen LogP contribution is -2.41. The van der Waals surface area contributed by atoms with Crippen molar-refractivity contribution in [3.05, 3.63) is 52.6 Å². The third-order valence-electron chi connectivity index (χ3n) is 5.32. The van der Waals surface area contributed by atoms with Gasteiger partial charge >= 0.3 is 0 Å². The van der Waals surface area contributed by atoms with Gasteiger partial charge in [0.05, 0.1) is 18.2 Å². The van der Waals surface area contributed by atoms with Crippen LogP contribution in [0.5, 0.6) is 11.5 Å². The lowest BCUT2D eigenvalue weighted by molar-refractivity contribution is -0.121. The third kappa shape index (κ3) is 1.37. The van der Waals surface area contributed by atoms with E-state index >= 15 is 0 Å². The number of hydrogen-bond acceptors (Lipinski definition) is 4. The van der Waals surface area contributed by atoms with Crippen LogP contribution in [0.4, 0.5) is 5.69 Å². The van der Waals surface area contributed by atoms with Crippen LogP contribution in [0, 0.1) is 11.3 Å². The molecule has 5 heteroatoms. The van der Waals surface area contributed by atoms with E-state index in [0.29, 0.717) is 17.9 Å². The van der Waals surface area contributed by atoms with E-state index in [2.05, 4.69) is 6.07 Å². The second-order valence-corrected chi connectivity index (χ2v) is 6.42. The molecule has 0 bridgehead atoms. The van der Waals surface area contributed by atoms with Gasteiger partial charge in [0.15, 0.2) is 0 Å². The Morgan fingerprint density at radius 3 is 2.96 bits per heavy atom. The van der Waals surface area contributed by atoms with Crippen molar-refractivity contribution in [3.8, 4) is 17.6 Å². The lowest BCUT2D eigenvalue weighted by atomic mass is 9.75. The second-order valence-electron chi connectivity index (χ2n) is 6.42. The van der Waals surface area contributed by atoms with Gasteiger partial charge in [0.1, 0.15) is 23.5 Å². The monoisotopic (exact) mass is 318 g/mol. The SMILES string of the molecule is CN1C(=O)C2(COc3cc4c(cc32)CCO4)c2c(C#N)cccc21. The number of benzene rings is 2. The van der Waals surface area contributed by atoms with Gasteiger partial charge in [-0.3, -0.25) is 4.79 Å². The zero-order valence-electron chi connectivity index (χ0n) is 13.1. The van der Waals surface area contributed by atoms with E-state index in [1.54, 1.807) is 18.0 Å². The van der Waals surface area contributed by atoms with Gasteiger partial charge in [-0.1, -0.05) is 6.07 Å². The smallest absolute Gasteiger partial charge is 0.245 e. The Balaban J connectivity index is 1.84. The first-order valence-electron chi connectivity index (χ1n) is 7.91. The molecule has 3 aliphatic heterocycles. The van der Waals surface area contributed by atoms with Gasteiger partial charge in [-0.25, -0.2) is 0 Å². The number of likely N-dealkylation sites (N-methyl/N-ethyl adjacent to an activating group) is 1. The van der Waals surface area contributed by atoms with Crippen LogP contribution in [0.3, 0.4) is 0 Å². The van der Waals surface area contributed by atoms with Crippen LogP contribution in [0.1, 0.15) is 22.3 Å². The third-order valence-corrected chi connectivity index (χ3v) is 5.32. The Labute approximate surface area is 139 Å². The van der Waals surface area contributed by atoms with E-state index in [-0.39, 0.29) is 12.5 Å². The quantitative estimate of drug-likeness (QED) is 0.747. The van der Waals surface area contributed by atoms with Crippen LogP contribution in [0.25, 0.3) is 0 Å². The maximum Gasteiger partial charge on any atom is 0.245 e. The molecule has 1 amide bonds. The summed E-state index contributed by atoms with van der Waals surface area (Å²) < 4.78 is 11.5. The number of carbonyl (C=O) groups is 1. The molecular formula is C19H14N2O3. The van der Waals surface area contributed by atoms with E-state index in [1.165, 1.54) is 0 Å². The van der Waals surface area contributed by atoms with Crippen molar-refractivity contribution in [1.82, 2.24) is 0 Å². The second kappa shape index (κ2) is 4.30. The van der Waals surface area contributed by atoms with E-state index in [4.69, 9.17) is 9.47 Å². The van der Waals surface area contributed by atoms with Crippen molar-refractivity contribution in [2.45, 2.75) is 11.8 Å². The van der Waals surface area contributed by atoms with Crippen LogP contribution in [0.2, 0.25) is 0 Å². The zero-order valence-corrected chi connectivity index (χ0v) is 13.1. The molecule has 3 aliphatic rings. The van der Waals surface area contributed by atoms with Crippen LogP contribution in [0.15, 0.2) is 30.3 Å². The van der Waals surface area contributed by atoms with E-state index in [9.17, 15) is 10.1 Å². The number of amides is 1. The summed E-state index contributed by atoms with van der Waals surface area (Å²) in [6.07, 6.45) is 0.829. The van der Waals surface area contributed by atoms with Crippen molar-refractivity contribution >= 4 is 11.6 Å². The summed E-state index contributed by atoms with van der Waals surface area (Å²) in [4.78, 5) is 14.9. The molecule has 3 heterocycles. The number of ether oxygens (including phenoxy) is 2. The number of fused-ring (bicyclic) bond motifs is 5. The number of carbonyl (C=O) groups excluding carboxylic acids is 1. The van der Waals surface area contributed by atoms with E-state index in [0.717, 1.165) is 34.5 Å². The van der Waals surface area contributed by atoms with Gasteiger partial charge in [0.25, 0.3) is 0 Å². The molecule has 1 unspecified atom stereocenters. The summed E-state index contributed by atoms with van der Waals surface area (Å²) in [5, 5.41) is 9.58. The van der Waals surface area contributed by atoms with Crippen molar-refractivity contribution < 1.29 is 14.3 Å². The number of anilines is 1. The molecule has 2 aromatic rings. The average molecular weight is 318 g/mol. The molecule has 1 atom stereocenters. The summed E-state index contributed by atoms with van der Waals surface area (Å²) in [5.41, 5.74) is 3.09. The van der Waals surface area contributed by atoms with Crippen molar-refractivity contribution in [2.24, 2.45) is 0 Å². The largest absolute Gasteiger partial charge is 0.493 e. The molecule has 118 valence electrons. The molecule has 0 saturated carbocycles. The highest BCUT2D eigenvalue weighted by molar-refractivity contribution is 6.12. The fraction of sp³-hybridized carbons (Fsp3) is 0.263. The summed E-state index contributed by atoms with van der Waals surface area (Å²) in [7, 11) is 1.76. The Bertz CT molecular complexity index is 960. The van der Waals surface area contributed by atoms with E-state index < -0.39 is 5.41 Å². The van der Waals surface area contributed by atoms with E-state index in [1.807, 2.05) is 24.3 Å². The fourth-order valence-corrected chi connectivity index (χ4v) is 4.17. The van der Waals surface area contributed by atoms with Crippen LogP contribution >= 0.6 is 0 Å². The Kier molecular flexibility index (Phi) is 2.41. The molecule has 2 aromatic carbocycles. The first-order valence-corrected chi connectivity index (χ1v) is 7.91. The van der Waals surface area contributed by atoms with Gasteiger partial charge < -0.3 is 14.4 Å². The van der Waals surface area contributed by atoms with Gasteiger partial charge in [-0.2, -0.15) is 5.26 Å². The Morgan fingerprint density at radius 2 is 2.12 bits per heavy atom. The molecule has 5 nitrogen and oxygen atoms in total. The Hall–Kier alpha value is -3.00. The highest BCUT2D eigenvalue weighted by Crippen LogP contribution is 2.54. The maximum absolute atomic E-state index is 13.2. The summed E-state index contributed by atoms with van der Waals surface area (Å²) >= 11 is 0. The highest BCUT2D eigenvalue weighted by atomic mass is 16.5. The van der Waals surface area contributed by atoms with Crippen LogP contribution < -0.4 is 14.4 Å². The minimum absolute atomic E-state index is 0.0437. The molecule has 0 N–H and O–H groups in total. The van der Waals surface area contributed by atoms with Gasteiger partial charge in [0, 0.05) is 36.3 Å². The molecule has 1 spiro atoms. The zero-order chi connectivity index (χ0) is 16.5. The number of rotatable bonds is 0. The normalized spacial score (nSPS) is 22.7. The Morgan fingerprint density at radius 1 is 1.25 bits per heavy atom. The van der Waals surface area contributed by atoms with Gasteiger partial charge in [0.2, 0.25) is 5.91 Å². The molecule has 0 aliphatic carbocycles. The standard InChI is InChI=1S/C19H14N2O3/c1-21-14-4-2-3-12(9-20)17(14)19(18(21)22)10-24-16-8-15-11(5-6-23-15)7-13(16)19/h2-4,7-8H,5-6,10H2,1H3. The topological polar surface area (TPSA) is 62.6 Å². The first-order chi connectivity index (χ1) is 11.7. The van der Waals surface area contributed by atoms with Crippen molar-refractivity contribution in [2.75, 3.05) is 25.2 Å². The predicted octanol–water partition coefficient (Wildman–Crippen LogP) is 2.15. The number of nitriles is 1.